The summed E-state index contributed by atoms with van der Waals surface area (Å²) in [4.78, 5) is 37.4. The molecular formula is C19H22O6. The van der Waals surface area contributed by atoms with Gasteiger partial charge in [-0.1, -0.05) is 13.3 Å². The van der Waals surface area contributed by atoms with Crippen LogP contribution < -0.4 is 0 Å². The van der Waals surface area contributed by atoms with E-state index in [4.69, 9.17) is 9.15 Å². The van der Waals surface area contributed by atoms with Crippen LogP contribution in [-0.4, -0.2) is 22.8 Å². The summed E-state index contributed by atoms with van der Waals surface area (Å²) < 4.78 is 10.8. The third kappa shape index (κ3) is 2.26. The van der Waals surface area contributed by atoms with Crippen LogP contribution in [0.2, 0.25) is 0 Å². The maximum atomic E-state index is 13.0. The number of furan rings is 1. The number of carbonyl (C=O) groups excluding carboxylic acids is 2. The zero-order valence-corrected chi connectivity index (χ0v) is 14.1. The van der Waals surface area contributed by atoms with Crippen LogP contribution in [0.3, 0.4) is 0 Å². The summed E-state index contributed by atoms with van der Waals surface area (Å²) in [6.45, 7) is 1.93. The van der Waals surface area contributed by atoms with Crippen LogP contribution in [-0.2, 0) is 19.1 Å². The van der Waals surface area contributed by atoms with Crippen molar-refractivity contribution in [3.8, 4) is 0 Å². The number of Topliss-reactive ketones (excluding diaryl/α,β-unsaturated/α-hetero) is 1. The SMILES string of the molecule is C[C@@H]1CC(=O)[C@H]2[C@@H](C(=O)O)CCC[C@H]2[C@@]12C[C@@H](c1ccoc1)OC2=O. The molecule has 25 heavy (non-hydrogen) atoms. The van der Waals surface area contributed by atoms with Gasteiger partial charge in [0.15, 0.2) is 0 Å². The van der Waals surface area contributed by atoms with E-state index in [1.807, 2.05) is 6.92 Å². The molecule has 2 saturated carbocycles. The second-order valence-electron chi connectivity index (χ2n) is 7.77. The number of hydrogen-bond acceptors (Lipinski definition) is 5. The van der Waals surface area contributed by atoms with E-state index in [0.717, 1.165) is 12.0 Å². The summed E-state index contributed by atoms with van der Waals surface area (Å²) in [5.74, 6) is -2.85. The maximum Gasteiger partial charge on any atom is 0.313 e. The van der Waals surface area contributed by atoms with Crippen LogP contribution in [0.15, 0.2) is 23.0 Å². The summed E-state index contributed by atoms with van der Waals surface area (Å²) >= 11 is 0. The van der Waals surface area contributed by atoms with Gasteiger partial charge in [0.05, 0.1) is 23.9 Å². The van der Waals surface area contributed by atoms with Crippen molar-refractivity contribution in [1.82, 2.24) is 0 Å². The Kier molecular flexibility index (Phi) is 3.74. The fourth-order valence-corrected chi connectivity index (χ4v) is 5.51. The zero-order chi connectivity index (χ0) is 17.8. The van der Waals surface area contributed by atoms with Crippen LogP contribution in [0.4, 0.5) is 0 Å². The predicted molar refractivity (Wildman–Crippen MR) is 85.3 cm³/mol. The van der Waals surface area contributed by atoms with E-state index in [0.29, 0.717) is 19.3 Å². The molecule has 6 atom stereocenters. The third-order valence-electron chi connectivity index (χ3n) is 6.70. The molecule has 6 heteroatoms. The Morgan fingerprint density at radius 2 is 2.12 bits per heavy atom. The van der Waals surface area contributed by atoms with Gasteiger partial charge in [0.25, 0.3) is 0 Å². The Balaban J connectivity index is 1.73. The van der Waals surface area contributed by atoms with E-state index >= 15 is 0 Å². The van der Waals surface area contributed by atoms with Gasteiger partial charge in [-0.2, -0.15) is 0 Å². The van der Waals surface area contributed by atoms with Gasteiger partial charge in [-0.05, 0) is 30.7 Å². The average Bonchev–Trinajstić information content (AvgIpc) is 3.21. The van der Waals surface area contributed by atoms with Gasteiger partial charge in [-0.15, -0.1) is 0 Å². The van der Waals surface area contributed by atoms with E-state index in [-0.39, 0.29) is 36.1 Å². The molecule has 0 amide bonds. The lowest BCUT2D eigenvalue weighted by Crippen LogP contribution is -2.55. The molecule has 0 radical (unpaired) electrons. The van der Waals surface area contributed by atoms with Crippen LogP contribution >= 0.6 is 0 Å². The van der Waals surface area contributed by atoms with Crippen molar-refractivity contribution < 1.29 is 28.6 Å². The molecule has 1 spiro atoms. The van der Waals surface area contributed by atoms with Crippen LogP contribution in [0.5, 0.6) is 0 Å². The number of ether oxygens (including phenoxy) is 1. The van der Waals surface area contributed by atoms with Crippen molar-refractivity contribution in [3.05, 3.63) is 24.2 Å². The minimum absolute atomic E-state index is 0.00483. The van der Waals surface area contributed by atoms with Crippen LogP contribution in [0.1, 0.15) is 50.7 Å². The molecule has 6 nitrogen and oxygen atoms in total. The Hall–Kier alpha value is -2.11. The summed E-state index contributed by atoms with van der Waals surface area (Å²) in [5.41, 5.74) is 0.0470. The molecule has 1 saturated heterocycles. The Morgan fingerprint density at radius 1 is 1.32 bits per heavy atom. The van der Waals surface area contributed by atoms with Gasteiger partial charge < -0.3 is 14.3 Å². The molecule has 0 aromatic carbocycles. The van der Waals surface area contributed by atoms with Crippen molar-refractivity contribution >= 4 is 17.7 Å². The van der Waals surface area contributed by atoms with Gasteiger partial charge >= 0.3 is 11.9 Å². The molecule has 134 valence electrons. The first-order chi connectivity index (χ1) is 11.9. The summed E-state index contributed by atoms with van der Waals surface area (Å²) in [7, 11) is 0. The minimum atomic E-state index is -0.925. The highest BCUT2D eigenvalue weighted by molar-refractivity contribution is 5.91. The monoisotopic (exact) mass is 346 g/mol. The molecule has 2 aliphatic carbocycles. The molecule has 1 aromatic heterocycles. The normalized spacial score (nSPS) is 40.8. The number of esters is 1. The first-order valence-corrected chi connectivity index (χ1v) is 8.94. The Morgan fingerprint density at radius 3 is 2.80 bits per heavy atom. The molecule has 0 unspecified atom stereocenters. The zero-order valence-electron chi connectivity index (χ0n) is 14.1. The fraction of sp³-hybridized carbons (Fsp3) is 0.632. The fourth-order valence-electron chi connectivity index (χ4n) is 5.51. The lowest BCUT2D eigenvalue weighted by molar-refractivity contribution is -0.170. The molecule has 3 aliphatic rings. The molecule has 2 heterocycles. The number of fused-ring (bicyclic) bond motifs is 2. The number of carboxylic acid groups (broad SMARTS) is 1. The molecule has 0 bridgehead atoms. The molecule has 1 aliphatic heterocycles. The van der Waals surface area contributed by atoms with Crippen LogP contribution in [0, 0.1) is 29.1 Å². The number of carboxylic acids is 1. The number of ketones is 1. The van der Waals surface area contributed by atoms with E-state index in [1.54, 1.807) is 18.6 Å². The van der Waals surface area contributed by atoms with E-state index in [1.165, 1.54) is 0 Å². The Labute approximate surface area is 145 Å². The molecular weight excluding hydrogens is 324 g/mol. The second-order valence-corrected chi connectivity index (χ2v) is 7.77. The predicted octanol–water partition coefficient (Wildman–Crippen LogP) is 2.98. The number of carbonyl (C=O) groups is 3. The lowest BCUT2D eigenvalue weighted by Gasteiger charge is -2.50. The van der Waals surface area contributed by atoms with Crippen molar-refractivity contribution in [2.45, 2.75) is 45.1 Å². The largest absolute Gasteiger partial charge is 0.481 e. The van der Waals surface area contributed by atoms with Gasteiger partial charge in [0, 0.05) is 24.3 Å². The smallest absolute Gasteiger partial charge is 0.313 e. The second kappa shape index (κ2) is 5.71. The average molecular weight is 346 g/mol. The van der Waals surface area contributed by atoms with E-state index in [2.05, 4.69) is 0 Å². The number of aliphatic carboxylic acids is 1. The van der Waals surface area contributed by atoms with Crippen LogP contribution in [0.25, 0.3) is 0 Å². The highest BCUT2D eigenvalue weighted by Crippen LogP contribution is 2.61. The van der Waals surface area contributed by atoms with E-state index in [9.17, 15) is 19.5 Å². The van der Waals surface area contributed by atoms with Gasteiger partial charge in [-0.25, -0.2) is 0 Å². The molecule has 1 N–H and O–H groups in total. The van der Waals surface area contributed by atoms with E-state index < -0.39 is 23.2 Å². The Bertz CT molecular complexity index is 708. The first kappa shape index (κ1) is 16.4. The van der Waals surface area contributed by atoms with Crippen molar-refractivity contribution in [3.63, 3.8) is 0 Å². The summed E-state index contributed by atoms with van der Waals surface area (Å²) in [6.07, 6.45) is 5.42. The van der Waals surface area contributed by atoms with Gasteiger partial charge in [0.1, 0.15) is 11.9 Å². The lowest BCUT2D eigenvalue weighted by atomic mass is 9.50. The third-order valence-corrected chi connectivity index (χ3v) is 6.70. The highest BCUT2D eigenvalue weighted by Gasteiger charge is 2.64. The van der Waals surface area contributed by atoms with Gasteiger partial charge in [0.2, 0.25) is 0 Å². The highest BCUT2D eigenvalue weighted by atomic mass is 16.6. The minimum Gasteiger partial charge on any atom is -0.481 e. The summed E-state index contributed by atoms with van der Waals surface area (Å²) in [5, 5.41) is 9.58. The molecule has 1 aromatic rings. The molecule has 3 fully saturated rings. The topological polar surface area (TPSA) is 93.8 Å². The number of cyclic esters (lactones) is 1. The van der Waals surface area contributed by atoms with Crippen molar-refractivity contribution in [2.24, 2.45) is 29.1 Å². The summed E-state index contributed by atoms with van der Waals surface area (Å²) in [6, 6.07) is 1.79. The first-order valence-electron chi connectivity index (χ1n) is 8.94. The quantitative estimate of drug-likeness (QED) is 0.828. The van der Waals surface area contributed by atoms with Crippen molar-refractivity contribution in [1.29, 1.82) is 0 Å². The number of hydrogen-bond donors (Lipinski definition) is 1. The van der Waals surface area contributed by atoms with Gasteiger partial charge in [-0.3, -0.25) is 14.4 Å². The molecule has 4 rings (SSSR count). The maximum absolute atomic E-state index is 13.0. The standard InChI is InChI=1S/C19H22O6/c1-10-7-14(20)16-12(17(21)22)3-2-4-13(16)19(10)8-15(25-18(19)23)11-5-6-24-9-11/h5-6,9-10,12-13,15-16H,2-4,7-8H2,1H3,(H,21,22)/t10-,12+,13-,15+,16+,19-/m1/s1. The number of rotatable bonds is 2. The van der Waals surface area contributed by atoms with Crippen molar-refractivity contribution in [2.75, 3.05) is 0 Å².